The second-order valence-electron chi connectivity index (χ2n) is 3.90. The molecule has 1 aromatic carbocycles. The molecule has 0 atom stereocenters. The third kappa shape index (κ3) is 2.65. The van der Waals surface area contributed by atoms with Gasteiger partial charge in [0.25, 0.3) is 0 Å². The lowest BCUT2D eigenvalue weighted by Gasteiger charge is -2.06. The molecule has 0 fully saturated rings. The van der Waals surface area contributed by atoms with Crippen LogP contribution in [-0.2, 0) is 6.54 Å². The van der Waals surface area contributed by atoms with Gasteiger partial charge in [0.2, 0.25) is 5.78 Å². The third-order valence-electron chi connectivity index (χ3n) is 2.55. The van der Waals surface area contributed by atoms with E-state index in [9.17, 15) is 4.79 Å². The molecule has 94 valence electrons. The molecule has 1 aromatic heterocycles. The summed E-state index contributed by atoms with van der Waals surface area (Å²) in [4.78, 5) is 12.4. The molecule has 0 radical (unpaired) electrons. The van der Waals surface area contributed by atoms with E-state index in [0.717, 1.165) is 10.9 Å². The average Bonchev–Trinajstić information content (AvgIpc) is 2.71. The quantitative estimate of drug-likeness (QED) is 0.797. The van der Waals surface area contributed by atoms with Gasteiger partial charge in [0.05, 0.1) is 11.2 Å². The van der Waals surface area contributed by atoms with Crippen molar-refractivity contribution in [2.75, 3.05) is 0 Å². The second-order valence-corrected chi connectivity index (χ2v) is 5.22. The fourth-order valence-corrected chi connectivity index (χ4v) is 2.20. The lowest BCUT2D eigenvalue weighted by molar-refractivity contribution is 0.102. The molecular weight excluding hydrogens is 316 g/mol. The first kappa shape index (κ1) is 13.3. The number of ketones is 1. The molecule has 0 aliphatic heterocycles. The van der Waals surface area contributed by atoms with Crippen molar-refractivity contribution in [1.29, 1.82) is 0 Å². The zero-order chi connectivity index (χ0) is 13.1. The summed E-state index contributed by atoms with van der Waals surface area (Å²) in [6.07, 6.45) is 2.42. The Labute approximate surface area is 119 Å². The van der Waals surface area contributed by atoms with Crippen molar-refractivity contribution in [3.05, 3.63) is 51.2 Å². The molecule has 0 saturated carbocycles. The number of halogens is 2. The first-order chi connectivity index (χ1) is 8.63. The van der Waals surface area contributed by atoms with Crippen molar-refractivity contribution in [2.45, 2.75) is 19.9 Å². The Morgan fingerprint density at radius 2 is 2.06 bits per heavy atom. The first-order valence-electron chi connectivity index (χ1n) is 5.65. The molecule has 18 heavy (non-hydrogen) atoms. The fraction of sp³-hybridized carbons (Fsp3) is 0.231. The number of hydrogen-bond acceptors (Lipinski definition) is 2. The number of aromatic nitrogens is 2. The monoisotopic (exact) mass is 326 g/mol. The van der Waals surface area contributed by atoms with Gasteiger partial charge in [0.1, 0.15) is 5.69 Å². The van der Waals surface area contributed by atoms with Crippen LogP contribution in [0, 0.1) is 0 Å². The zero-order valence-electron chi connectivity index (χ0n) is 9.86. The Morgan fingerprint density at radius 3 is 2.67 bits per heavy atom. The van der Waals surface area contributed by atoms with Crippen molar-refractivity contribution in [3.63, 3.8) is 0 Å². The minimum atomic E-state index is -0.0987. The van der Waals surface area contributed by atoms with Gasteiger partial charge in [-0.2, -0.15) is 5.10 Å². The molecule has 0 N–H and O–H groups in total. The van der Waals surface area contributed by atoms with Crippen LogP contribution in [-0.4, -0.2) is 15.6 Å². The van der Waals surface area contributed by atoms with Crippen LogP contribution in [0.3, 0.4) is 0 Å². The lowest BCUT2D eigenvalue weighted by Crippen LogP contribution is -2.12. The first-order valence-corrected chi connectivity index (χ1v) is 6.82. The molecule has 5 heteroatoms. The molecule has 0 amide bonds. The zero-order valence-corrected chi connectivity index (χ0v) is 12.2. The van der Waals surface area contributed by atoms with E-state index in [-0.39, 0.29) is 5.78 Å². The van der Waals surface area contributed by atoms with Crippen LogP contribution < -0.4 is 0 Å². The standard InChI is InChI=1S/C13H12BrClN2O/c1-2-7-17-12(11(15)8-16-17)13(18)9-3-5-10(14)6-4-9/h3-6,8H,2,7H2,1H3. The van der Waals surface area contributed by atoms with Gasteiger partial charge >= 0.3 is 0 Å². The van der Waals surface area contributed by atoms with Crippen molar-refractivity contribution < 1.29 is 4.79 Å². The van der Waals surface area contributed by atoms with Crippen LogP contribution in [0.2, 0.25) is 5.02 Å². The number of rotatable bonds is 4. The SMILES string of the molecule is CCCn1ncc(Cl)c1C(=O)c1ccc(Br)cc1. The lowest BCUT2D eigenvalue weighted by atomic mass is 10.1. The molecule has 0 unspecified atom stereocenters. The number of nitrogens with zero attached hydrogens (tertiary/aromatic N) is 2. The van der Waals surface area contributed by atoms with Gasteiger partial charge in [-0.05, 0) is 30.7 Å². The Bertz CT molecular complexity index is 563. The maximum absolute atomic E-state index is 12.4. The Hall–Kier alpha value is -1.13. The fourth-order valence-electron chi connectivity index (χ4n) is 1.71. The van der Waals surface area contributed by atoms with E-state index < -0.39 is 0 Å². The van der Waals surface area contributed by atoms with E-state index in [1.54, 1.807) is 16.8 Å². The molecule has 2 aromatic rings. The maximum atomic E-state index is 12.4. The van der Waals surface area contributed by atoms with Crippen LogP contribution >= 0.6 is 27.5 Å². The van der Waals surface area contributed by atoms with Gasteiger partial charge in [-0.1, -0.05) is 34.5 Å². The molecule has 0 spiro atoms. The topological polar surface area (TPSA) is 34.9 Å². The van der Waals surface area contributed by atoms with E-state index in [2.05, 4.69) is 21.0 Å². The molecule has 3 nitrogen and oxygen atoms in total. The Balaban J connectivity index is 2.39. The maximum Gasteiger partial charge on any atom is 0.212 e. The van der Waals surface area contributed by atoms with E-state index in [1.165, 1.54) is 6.20 Å². The smallest absolute Gasteiger partial charge is 0.212 e. The van der Waals surface area contributed by atoms with Crippen LogP contribution in [0.5, 0.6) is 0 Å². The molecule has 1 heterocycles. The van der Waals surface area contributed by atoms with Crippen LogP contribution in [0.15, 0.2) is 34.9 Å². The molecule has 0 saturated heterocycles. The molecule has 2 rings (SSSR count). The molecule has 0 aliphatic carbocycles. The number of benzene rings is 1. The summed E-state index contributed by atoms with van der Waals surface area (Å²) >= 11 is 9.39. The number of carbonyl (C=O) groups excluding carboxylic acids is 1. The van der Waals surface area contributed by atoms with Gasteiger partial charge in [-0.15, -0.1) is 0 Å². The summed E-state index contributed by atoms with van der Waals surface area (Å²) in [6, 6.07) is 7.21. The minimum absolute atomic E-state index is 0.0987. The van der Waals surface area contributed by atoms with E-state index >= 15 is 0 Å². The van der Waals surface area contributed by atoms with Gasteiger partial charge in [0.15, 0.2) is 0 Å². The third-order valence-corrected chi connectivity index (χ3v) is 3.36. The predicted molar refractivity (Wildman–Crippen MR) is 75.1 cm³/mol. The molecular formula is C13H12BrClN2O. The number of carbonyl (C=O) groups is 1. The summed E-state index contributed by atoms with van der Waals surface area (Å²) in [5.74, 6) is -0.0987. The van der Waals surface area contributed by atoms with E-state index in [1.807, 2.05) is 19.1 Å². The van der Waals surface area contributed by atoms with Crippen molar-refractivity contribution >= 4 is 33.3 Å². The summed E-state index contributed by atoms with van der Waals surface area (Å²) in [7, 11) is 0. The minimum Gasteiger partial charge on any atom is -0.287 e. The van der Waals surface area contributed by atoms with Gasteiger partial charge in [-0.3, -0.25) is 9.48 Å². The highest BCUT2D eigenvalue weighted by molar-refractivity contribution is 9.10. The summed E-state index contributed by atoms with van der Waals surface area (Å²) < 4.78 is 2.60. The van der Waals surface area contributed by atoms with Crippen LogP contribution in [0.25, 0.3) is 0 Å². The van der Waals surface area contributed by atoms with Crippen molar-refractivity contribution in [2.24, 2.45) is 0 Å². The van der Waals surface area contributed by atoms with Gasteiger partial charge in [0, 0.05) is 16.6 Å². The number of hydrogen-bond donors (Lipinski definition) is 0. The second kappa shape index (κ2) is 5.67. The van der Waals surface area contributed by atoms with E-state index in [0.29, 0.717) is 22.8 Å². The van der Waals surface area contributed by atoms with Crippen molar-refractivity contribution in [3.8, 4) is 0 Å². The average molecular weight is 328 g/mol. The Morgan fingerprint density at radius 1 is 1.39 bits per heavy atom. The van der Waals surface area contributed by atoms with E-state index in [4.69, 9.17) is 11.6 Å². The van der Waals surface area contributed by atoms with Crippen LogP contribution in [0.1, 0.15) is 29.4 Å². The summed E-state index contributed by atoms with van der Waals surface area (Å²) in [6.45, 7) is 2.72. The van der Waals surface area contributed by atoms with Crippen LogP contribution in [0.4, 0.5) is 0 Å². The highest BCUT2D eigenvalue weighted by Gasteiger charge is 2.18. The van der Waals surface area contributed by atoms with Gasteiger partial charge in [-0.25, -0.2) is 0 Å². The highest BCUT2D eigenvalue weighted by Crippen LogP contribution is 2.20. The highest BCUT2D eigenvalue weighted by atomic mass is 79.9. The summed E-state index contributed by atoms with van der Waals surface area (Å²) in [5.41, 5.74) is 1.07. The van der Waals surface area contributed by atoms with Crippen molar-refractivity contribution in [1.82, 2.24) is 9.78 Å². The molecule has 0 aliphatic rings. The molecule has 0 bridgehead atoms. The normalized spacial score (nSPS) is 10.6. The largest absolute Gasteiger partial charge is 0.287 e. The van der Waals surface area contributed by atoms with Gasteiger partial charge < -0.3 is 0 Å². The predicted octanol–water partition coefficient (Wildman–Crippen LogP) is 3.94. The number of aryl methyl sites for hydroxylation is 1. The summed E-state index contributed by atoms with van der Waals surface area (Å²) in [5, 5.41) is 4.52. The Kier molecular flexibility index (Phi) is 4.19.